The maximum atomic E-state index is 12.0. The second kappa shape index (κ2) is 7.96. The standard InChI is InChI=1S/C13H23NO6/c1-5-20-10(13(3,4)7-15)11(17)14-6-9(8(2)16)12(18)19/h9-10,15H,5-7H2,1-4H3,(H,14,17)(H,18,19)/t9?,10-/m0/s1. The highest BCUT2D eigenvalue weighted by Crippen LogP contribution is 2.22. The van der Waals surface area contributed by atoms with Gasteiger partial charge >= 0.3 is 5.97 Å². The van der Waals surface area contributed by atoms with Crippen molar-refractivity contribution in [3.05, 3.63) is 0 Å². The Morgan fingerprint density at radius 1 is 1.30 bits per heavy atom. The number of ether oxygens (including phenoxy) is 1. The summed E-state index contributed by atoms with van der Waals surface area (Å²) in [5.74, 6) is -3.64. The molecule has 0 aliphatic heterocycles. The van der Waals surface area contributed by atoms with Crippen LogP contribution in [-0.2, 0) is 19.1 Å². The average molecular weight is 289 g/mol. The van der Waals surface area contributed by atoms with Gasteiger partial charge in [0.15, 0.2) is 0 Å². The zero-order valence-corrected chi connectivity index (χ0v) is 12.3. The third-order valence-corrected chi connectivity index (χ3v) is 2.96. The Labute approximate surface area is 118 Å². The summed E-state index contributed by atoms with van der Waals surface area (Å²) in [5.41, 5.74) is -0.810. The number of Topliss-reactive ketones (excluding diaryl/α,β-unsaturated/α-hetero) is 1. The maximum absolute atomic E-state index is 12.0. The van der Waals surface area contributed by atoms with Crippen molar-refractivity contribution in [3.8, 4) is 0 Å². The van der Waals surface area contributed by atoms with Gasteiger partial charge in [-0.3, -0.25) is 14.4 Å². The van der Waals surface area contributed by atoms with Crippen molar-refractivity contribution in [2.24, 2.45) is 11.3 Å². The first-order valence-electron chi connectivity index (χ1n) is 6.40. The highest BCUT2D eigenvalue weighted by Gasteiger charge is 2.36. The van der Waals surface area contributed by atoms with Crippen LogP contribution in [-0.4, -0.2) is 53.7 Å². The first-order chi connectivity index (χ1) is 9.17. The van der Waals surface area contributed by atoms with Crippen LogP contribution in [0.1, 0.15) is 27.7 Å². The summed E-state index contributed by atoms with van der Waals surface area (Å²) in [6, 6.07) is 0. The van der Waals surface area contributed by atoms with E-state index in [1.54, 1.807) is 20.8 Å². The summed E-state index contributed by atoms with van der Waals surface area (Å²) in [6.07, 6.45) is -0.918. The third kappa shape index (κ3) is 5.26. The van der Waals surface area contributed by atoms with Crippen molar-refractivity contribution >= 4 is 17.7 Å². The molecule has 0 bridgehead atoms. The van der Waals surface area contributed by atoms with Crippen LogP contribution in [0, 0.1) is 11.3 Å². The summed E-state index contributed by atoms with van der Waals surface area (Å²) in [7, 11) is 0. The smallest absolute Gasteiger partial charge is 0.315 e. The summed E-state index contributed by atoms with van der Waals surface area (Å²) < 4.78 is 5.31. The van der Waals surface area contributed by atoms with Crippen LogP contribution in [0.4, 0.5) is 0 Å². The topological polar surface area (TPSA) is 113 Å². The molecular formula is C13H23NO6. The Morgan fingerprint density at radius 3 is 2.20 bits per heavy atom. The SMILES string of the molecule is CCO[C@@H](C(=O)NCC(C(C)=O)C(=O)O)C(C)(C)CO. The summed E-state index contributed by atoms with van der Waals surface area (Å²) in [4.78, 5) is 34.0. The largest absolute Gasteiger partial charge is 0.481 e. The molecule has 0 spiro atoms. The first kappa shape index (κ1) is 18.5. The van der Waals surface area contributed by atoms with E-state index in [1.165, 1.54) is 0 Å². The number of carboxylic acids is 1. The number of aliphatic carboxylic acids is 1. The van der Waals surface area contributed by atoms with Crippen molar-refractivity contribution in [2.75, 3.05) is 19.8 Å². The van der Waals surface area contributed by atoms with E-state index in [0.29, 0.717) is 0 Å². The van der Waals surface area contributed by atoms with Crippen molar-refractivity contribution in [1.82, 2.24) is 5.32 Å². The van der Waals surface area contributed by atoms with Crippen LogP contribution < -0.4 is 5.32 Å². The number of hydrogen-bond acceptors (Lipinski definition) is 5. The number of carbonyl (C=O) groups excluding carboxylic acids is 2. The fraction of sp³-hybridized carbons (Fsp3) is 0.769. The summed E-state index contributed by atoms with van der Waals surface area (Å²) in [6.45, 7) is 5.90. The van der Waals surface area contributed by atoms with Crippen LogP contribution in [0.25, 0.3) is 0 Å². The number of hydrogen-bond donors (Lipinski definition) is 3. The molecule has 0 fully saturated rings. The molecule has 116 valence electrons. The van der Waals surface area contributed by atoms with E-state index in [0.717, 1.165) is 6.92 Å². The van der Waals surface area contributed by atoms with E-state index >= 15 is 0 Å². The van der Waals surface area contributed by atoms with Crippen LogP contribution in [0.2, 0.25) is 0 Å². The Balaban J connectivity index is 4.78. The lowest BCUT2D eigenvalue weighted by atomic mass is 9.86. The molecule has 0 radical (unpaired) electrons. The lowest BCUT2D eigenvalue weighted by molar-refractivity contribution is -0.147. The molecule has 0 aromatic heterocycles. The Hall–Kier alpha value is -1.47. The van der Waals surface area contributed by atoms with Gasteiger partial charge in [-0.25, -0.2) is 0 Å². The number of rotatable bonds is 9. The van der Waals surface area contributed by atoms with Crippen LogP contribution >= 0.6 is 0 Å². The molecule has 0 rings (SSSR count). The molecule has 2 atom stereocenters. The highest BCUT2D eigenvalue weighted by molar-refractivity contribution is 5.97. The van der Waals surface area contributed by atoms with Crippen LogP contribution in [0.5, 0.6) is 0 Å². The van der Waals surface area contributed by atoms with E-state index in [1.807, 2.05) is 0 Å². The zero-order chi connectivity index (χ0) is 15.9. The van der Waals surface area contributed by atoms with Gasteiger partial charge < -0.3 is 20.3 Å². The third-order valence-electron chi connectivity index (χ3n) is 2.96. The first-order valence-corrected chi connectivity index (χ1v) is 6.40. The minimum atomic E-state index is -1.29. The van der Waals surface area contributed by atoms with Gasteiger partial charge in [0.2, 0.25) is 5.91 Å². The molecule has 0 saturated heterocycles. The predicted octanol–water partition coefficient (Wildman–Crippen LogP) is -0.184. The molecule has 7 heteroatoms. The van der Waals surface area contributed by atoms with E-state index in [-0.39, 0.29) is 19.8 Å². The molecule has 0 aromatic carbocycles. The summed E-state index contributed by atoms with van der Waals surface area (Å²) in [5, 5.41) is 20.5. The van der Waals surface area contributed by atoms with Gasteiger partial charge in [0.1, 0.15) is 17.8 Å². The van der Waals surface area contributed by atoms with E-state index in [4.69, 9.17) is 9.84 Å². The van der Waals surface area contributed by atoms with Crippen molar-refractivity contribution in [1.29, 1.82) is 0 Å². The van der Waals surface area contributed by atoms with Gasteiger partial charge in [-0.2, -0.15) is 0 Å². The Bertz CT molecular complexity index is 352. The van der Waals surface area contributed by atoms with Gasteiger partial charge in [-0.1, -0.05) is 13.8 Å². The molecule has 0 aliphatic rings. The predicted molar refractivity (Wildman–Crippen MR) is 71.1 cm³/mol. The van der Waals surface area contributed by atoms with Crippen LogP contribution in [0.3, 0.4) is 0 Å². The number of ketones is 1. The lowest BCUT2D eigenvalue weighted by Crippen LogP contribution is -2.49. The number of aliphatic hydroxyl groups is 1. The van der Waals surface area contributed by atoms with Crippen molar-refractivity contribution in [3.63, 3.8) is 0 Å². The monoisotopic (exact) mass is 289 g/mol. The second-order valence-electron chi connectivity index (χ2n) is 5.23. The molecular weight excluding hydrogens is 266 g/mol. The molecule has 3 N–H and O–H groups in total. The van der Waals surface area contributed by atoms with Crippen LogP contribution in [0.15, 0.2) is 0 Å². The fourth-order valence-corrected chi connectivity index (χ4v) is 1.61. The number of aliphatic hydroxyl groups excluding tert-OH is 1. The molecule has 0 aliphatic carbocycles. The van der Waals surface area contributed by atoms with Gasteiger partial charge in [0, 0.05) is 18.6 Å². The lowest BCUT2D eigenvalue weighted by Gasteiger charge is -2.31. The minimum absolute atomic E-state index is 0.264. The molecule has 20 heavy (non-hydrogen) atoms. The van der Waals surface area contributed by atoms with E-state index in [2.05, 4.69) is 5.32 Å². The molecule has 1 amide bonds. The maximum Gasteiger partial charge on any atom is 0.315 e. The highest BCUT2D eigenvalue weighted by atomic mass is 16.5. The summed E-state index contributed by atoms with van der Waals surface area (Å²) >= 11 is 0. The minimum Gasteiger partial charge on any atom is -0.481 e. The molecule has 1 unspecified atom stereocenters. The Kier molecular flexibility index (Phi) is 7.38. The number of carbonyl (C=O) groups is 3. The van der Waals surface area contributed by atoms with E-state index < -0.39 is 35.1 Å². The van der Waals surface area contributed by atoms with Crippen molar-refractivity contribution in [2.45, 2.75) is 33.8 Å². The Morgan fingerprint density at radius 2 is 1.85 bits per heavy atom. The number of carboxylic acid groups (broad SMARTS) is 1. The number of nitrogens with one attached hydrogen (secondary N) is 1. The number of amides is 1. The fourth-order valence-electron chi connectivity index (χ4n) is 1.61. The van der Waals surface area contributed by atoms with Gasteiger partial charge in [0.25, 0.3) is 0 Å². The average Bonchev–Trinajstić information content (AvgIpc) is 2.34. The zero-order valence-electron chi connectivity index (χ0n) is 12.3. The molecule has 0 saturated carbocycles. The van der Waals surface area contributed by atoms with Gasteiger partial charge in [0.05, 0.1) is 6.61 Å². The van der Waals surface area contributed by atoms with Gasteiger partial charge in [-0.15, -0.1) is 0 Å². The normalized spacial score (nSPS) is 14.4. The molecule has 0 heterocycles. The quantitative estimate of drug-likeness (QED) is 0.507. The van der Waals surface area contributed by atoms with Gasteiger partial charge in [-0.05, 0) is 13.8 Å². The molecule has 7 nitrogen and oxygen atoms in total. The van der Waals surface area contributed by atoms with E-state index in [9.17, 15) is 19.5 Å². The second-order valence-corrected chi connectivity index (χ2v) is 5.23. The molecule has 0 aromatic rings. The van der Waals surface area contributed by atoms with Crippen molar-refractivity contribution < 1.29 is 29.3 Å².